The number of nitrogens with zero attached hydrogens (tertiary/aromatic N) is 1. The predicted octanol–water partition coefficient (Wildman–Crippen LogP) is 2.89. The van der Waals surface area contributed by atoms with Crippen LogP contribution >= 0.6 is 0 Å². The van der Waals surface area contributed by atoms with Crippen molar-refractivity contribution in [1.29, 1.82) is 0 Å². The van der Waals surface area contributed by atoms with Gasteiger partial charge in [0.05, 0.1) is 0 Å². The van der Waals surface area contributed by atoms with Gasteiger partial charge in [-0.1, -0.05) is 40.0 Å². The maximum Gasteiger partial charge on any atom is 0.0246 e. The lowest BCUT2D eigenvalue weighted by Crippen LogP contribution is -2.51. The van der Waals surface area contributed by atoms with E-state index in [9.17, 15) is 0 Å². The first-order chi connectivity index (χ1) is 7.69. The highest BCUT2D eigenvalue weighted by Gasteiger charge is 2.27. The van der Waals surface area contributed by atoms with Gasteiger partial charge >= 0.3 is 0 Å². The second-order valence-corrected chi connectivity index (χ2v) is 5.47. The lowest BCUT2D eigenvalue weighted by atomic mass is 9.88. The first-order valence-corrected chi connectivity index (χ1v) is 7.12. The summed E-state index contributed by atoms with van der Waals surface area (Å²) in [6.07, 6.45) is 6.86. The summed E-state index contributed by atoms with van der Waals surface area (Å²) in [6.45, 7) is 9.24. The molecule has 2 heteroatoms. The van der Waals surface area contributed by atoms with E-state index >= 15 is 0 Å². The van der Waals surface area contributed by atoms with Gasteiger partial charge in [-0.05, 0) is 32.4 Å². The number of nitrogens with one attached hydrogen (secondary N) is 1. The Hall–Kier alpha value is -0.0800. The van der Waals surface area contributed by atoms with E-state index < -0.39 is 0 Å². The number of hydrogen-bond acceptors (Lipinski definition) is 2. The van der Waals surface area contributed by atoms with Crippen molar-refractivity contribution in [1.82, 2.24) is 10.2 Å². The van der Waals surface area contributed by atoms with E-state index in [1.165, 1.54) is 38.6 Å². The quantitative estimate of drug-likeness (QED) is 0.749. The van der Waals surface area contributed by atoms with Gasteiger partial charge in [-0.3, -0.25) is 0 Å². The van der Waals surface area contributed by atoms with Crippen LogP contribution in [0, 0.1) is 5.92 Å². The maximum atomic E-state index is 3.67. The lowest BCUT2D eigenvalue weighted by Gasteiger charge is -2.39. The molecule has 1 fully saturated rings. The van der Waals surface area contributed by atoms with Crippen molar-refractivity contribution in [2.24, 2.45) is 5.92 Å². The summed E-state index contributed by atoms with van der Waals surface area (Å²) in [7, 11) is 2.31. The summed E-state index contributed by atoms with van der Waals surface area (Å²) in [4.78, 5) is 2.60. The SMILES string of the molecule is CCNC1CCCCC1N(C)CC(C)CC. The Morgan fingerprint density at radius 3 is 2.56 bits per heavy atom. The molecule has 1 N–H and O–H groups in total. The Kier molecular flexibility index (Phi) is 6.37. The van der Waals surface area contributed by atoms with Crippen molar-refractivity contribution in [3.63, 3.8) is 0 Å². The minimum Gasteiger partial charge on any atom is -0.313 e. The van der Waals surface area contributed by atoms with Gasteiger partial charge in [-0.2, -0.15) is 0 Å². The Labute approximate surface area is 102 Å². The van der Waals surface area contributed by atoms with Crippen LogP contribution in [0.4, 0.5) is 0 Å². The summed E-state index contributed by atoms with van der Waals surface area (Å²) in [5.41, 5.74) is 0. The standard InChI is InChI=1S/C14H30N2/c1-5-12(3)11-16(4)14-10-8-7-9-13(14)15-6-2/h12-15H,5-11H2,1-4H3. The highest BCUT2D eigenvalue weighted by molar-refractivity contribution is 4.87. The summed E-state index contributed by atoms with van der Waals surface area (Å²) in [6, 6.07) is 1.50. The molecular weight excluding hydrogens is 196 g/mol. The van der Waals surface area contributed by atoms with Crippen LogP contribution in [0.25, 0.3) is 0 Å². The zero-order chi connectivity index (χ0) is 12.0. The van der Waals surface area contributed by atoms with Gasteiger partial charge in [-0.25, -0.2) is 0 Å². The Bertz CT molecular complexity index is 180. The van der Waals surface area contributed by atoms with Crippen LogP contribution in [-0.2, 0) is 0 Å². The van der Waals surface area contributed by atoms with E-state index in [0.29, 0.717) is 0 Å². The zero-order valence-electron chi connectivity index (χ0n) is 11.6. The van der Waals surface area contributed by atoms with Crippen molar-refractivity contribution in [3.05, 3.63) is 0 Å². The molecule has 96 valence electrons. The number of likely N-dealkylation sites (N-methyl/N-ethyl adjacent to an activating group) is 2. The molecule has 0 amide bonds. The molecule has 16 heavy (non-hydrogen) atoms. The summed E-state index contributed by atoms with van der Waals surface area (Å²) in [5, 5.41) is 3.67. The molecule has 1 saturated carbocycles. The Morgan fingerprint density at radius 2 is 1.94 bits per heavy atom. The fraction of sp³-hybridized carbons (Fsp3) is 1.00. The van der Waals surface area contributed by atoms with E-state index in [1.807, 2.05) is 0 Å². The van der Waals surface area contributed by atoms with Crippen molar-refractivity contribution in [3.8, 4) is 0 Å². The molecule has 2 nitrogen and oxygen atoms in total. The molecule has 1 aliphatic rings. The third-order valence-corrected chi connectivity index (χ3v) is 4.06. The van der Waals surface area contributed by atoms with Crippen LogP contribution < -0.4 is 5.32 Å². The smallest absolute Gasteiger partial charge is 0.0246 e. The molecule has 0 aromatic rings. The number of rotatable bonds is 6. The second-order valence-electron chi connectivity index (χ2n) is 5.47. The van der Waals surface area contributed by atoms with Crippen LogP contribution in [0.15, 0.2) is 0 Å². The van der Waals surface area contributed by atoms with Gasteiger partial charge in [0.2, 0.25) is 0 Å². The zero-order valence-corrected chi connectivity index (χ0v) is 11.6. The van der Waals surface area contributed by atoms with Crippen LogP contribution in [0.3, 0.4) is 0 Å². The van der Waals surface area contributed by atoms with Gasteiger partial charge in [0.15, 0.2) is 0 Å². The average Bonchev–Trinajstić information content (AvgIpc) is 2.30. The molecule has 0 saturated heterocycles. The fourth-order valence-electron chi connectivity index (χ4n) is 2.90. The minimum absolute atomic E-state index is 0.729. The van der Waals surface area contributed by atoms with Crippen molar-refractivity contribution < 1.29 is 0 Å². The van der Waals surface area contributed by atoms with Crippen LogP contribution in [-0.4, -0.2) is 37.1 Å². The highest BCUT2D eigenvalue weighted by Crippen LogP contribution is 2.23. The van der Waals surface area contributed by atoms with Gasteiger partial charge in [0.1, 0.15) is 0 Å². The van der Waals surface area contributed by atoms with Crippen LogP contribution in [0.5, 0.6) is 0 Å². The summed E-state index contributed by atoms with van der Waals surface area (Å²) in [5.74, 6) is 0.828. The molecule has 3 atom stereocenters. The molecule has 3 unspecified atom stereocenters. The molecule has 0 aromatic carbocycles. The molecule has 0 heterocycles. The van der Waals surface area contributed by atoms with Gasteiger partial charge in [0.25, 0.3) is 0 Å². The average molecular weight is 226 g/mol. The molecule has 0 spiro atoms. The normalized spacial score (nSPS) is 28.3. The third kappa shape index (κ3) is 4.06. The van der Waals surface area contributed by atoms with Crippen molar-refractivity contribution >= 4 is 0 Å². The van der Waals surface area contributed by atoms with E-state index in [0.717, 1.165) is 24.5 Å². The Morgan fingerprint density at radius 1 is 1.25 bits per heavy atom. The summed E-state index contributed by atoms with van der Waals surface area (Å²) >= 11 is 0. The van der Waals surface area contributed by atoms with Gasteiger partial charge in [-0.15, -0.1) is 0 Å². The largest absolute Gasteiger partial charge is 0.313 e. The van der Waals surface area contributed by atoms with Crippen LogP contribution in [0.1, 0.15) is 52.9 Å². The van der Waals surface area contributed by atoms with Crippen molar-refractivity contribution in [2.75, 3.05) is 20.1 Å². The monoisotopic (exact) mass is 226 g/mol. The van der Waals surface area contributed by atoms with Gasteiger partial charge < -0.3 is 10.2 Å². The van der Waals surface area contributed by atoms with E-state index in [2.05, 4.69) is 38.0 Å². The molecule has 1 aliphatic carbocycles. The van der Waals surface area contributed by atoms with E-state index in [4.69, 9.17) is 0 Å². The molecular formula is C14H30N2. The van der Waals surface area contributed by atoms with E-state index in [1.54, 1.807) is 0 Å². The topological polar surface area (TPSA) is 15.3 Å². The fourth-order valence-corrected chi connectivity index (χ4v) is 2.90. The summed E-state index contributed by atoms with van der Waals surface area (Å²) < 4.78 is 0. The van der Waals surface area contributed by atoms with Gasteiger partial charge in [0, 0.05) is 18.6 Å². The minimum atomic E-state index is 0.729. The first-order valence-electron chi connectivity index (χ1n) is 7.12. The predicted molar refractivity (Wildman–Crippen MR) is 71.8 cm³/mol. The molecule has 0 aliphatic heterocycles. The third-order valence-electron chi connectivity index (χ3n) is 4.06. The van der Waals surface area contributed by atoms with E-state index in [-0.39, 0.29) is 0 Å². The lowest BCUT2D eigenvalue weighted by molar-refractivity contribution is 0.134. The molecule has 1 rings (SSSR count). The Balaban J connectivity index is 2.46. The molecule has 0 bridgehead atoms. The second kappa shape index (κ2) is 7.29. The maximum absolute atomic E-state index is 3.67. The first kappa shape index (κ1) is 14.0. The number of hydrogen-bond donors (Lipinski definition) is 1. The molecule has 0 radical (unpaired) electrons. The molecule has 0 aromatic heterocycles. The van der Waals surface area contributed by atoms with Crippen molar-refractivity contribution in [2.45, 2.75) is 65.0 Å². The van der Waals surface area contributed by atoms with Crippen LogP contribution in [0.2, 0.25) is 0 Å². The highest BCUT2D eigenvalue weighted by atomic mass is 15.2.